The first-order valence-corrected chi connectivity index (χ1v) is 5.26. The predicted octanol–water partition coefficient (Wildman–Crippen LogP) is 2.90. The number of carbonyl (C=O) groups is 1. The summed E-state index contributed by atoms with van der Waals surface area (Å²) in [5.41, 5.74) is -0.722. The summed E-state index contributed by atoms with van der Waals surface area (Å²) >= 11 is 0. The van der Waals surface area contributed by atoms with Crippen LogP contribution in [0.1, 0.15) is 21.6 Å². The molecule has 0 unspecified atom stereocenters. The van der Waals surface area contributed by atoms with Crippen molar-refractivity contribution in [3.05, 3.63) is 47.3 Å². The van der Waals surface area contributed by atoms with Crippen molar-refractivity contribution in [2.75, 3.05) is 0 Å². The first kappa shape index (κ1) is 13.1. The molecule has 0 aliphatic heterocycles. The van der Waals surface area contributed by atoms with Crippen molar-refractivity contribution in [2.24, 2.45) is 0 Å². The fraction of sp³-hybridized carbons (Fsp3) is 0.167. The molecule has 0 amide bonds. The molecule has 0 aliphatic carbocycles. The van der Waals surface area contributed by atoms with E-state index in [2.05, 4.69) is 5.10 Å². The number of aryl methyl sites for hydroxylation is 1. The third-order valence-electron chi connectivity index (χ3n) is 2.52. The number of carboxylic acids is 1. The van der Waals surface area contributed by atoms with Gasteiger partial charge in [0.1, 0.15) is 0 Å². The highest BCUT2D eigenvalue weighted by atomic mass is 19.4. The third kappa shape index (κ3) is 2.59. The molecule has 2 aromatic rings. The number of halogens is 3. The number of aromatic nitrogens is 2. The Hall–Kier alpha value is -2.31. The van der Waals surface area contributed by atoms with Gasteiger partial charge in [0, 0.05) is 6.20 Å². The summed E-state index contributed by atoms with van der Waals surface area (Å²) in [6, 6.07) is 4.16. The van der Waals surface area contributed by atoms with Gasteiger partial charge in [-0.1, -0.05) is 0 Å². The minimum atomic E-state index is -4.58. The monoisotopic (exact) mass is 270 g/mol. The standard InChI is InChI=1S/C12H9F3N2O2/c1-7-4-5-17(16-7)10-3-2-8(12(13,14)15)6-9(10)11(18)19/h2-6H,1H3,(H,18,19). The molecule has 2 rings (SSSR count). The summed E-state index contributed by atoms with van der Waals surface area (Å²) < 4.78 is 38.9. The van der Waals surface area contributed by atoms with E-state index in [0.29, 0.717) is 11.8 Å². The highest BCUT2D eigenvalue weighted by Crippen LogP contribution is 2.31. The van der Waals surface area contributed by atoms with Crippen molar-refractivity contribution in [2.45, 2.75) is 13.1 Å². The van der Waals surface area contributed by atoms with Crippen LogP contribution < -0.4 is 0 Å². The number of alkyl halides is 3. The first-order chi connectivity index (χ1) is 8.79. The summed E-state index contributed by atoms with van der Waals surface area (Å²) in [4.78, 5) is 11.1. The zero-order chi connectivity index (χ0) is 14.2. The van der Waals surface area contributed by atoms with Gasteiger partial charge < -0.3 is 5.11 Å². The van der Waals surface area contributed by atoms with E-state index in [1.165, 1.54) is 10.9 Å². The molecule has 0 radical (unpaired) electrons. The van der Waals surface area contributed by atoms with Crippen LogP contribution in [0.2, 0.25) is 0 Å². The lowest BCUT2D eigenvalue weighted by Crippen LogP contribution is -2.11. The van der Waals surface area contributed by atoms with Crippen molar-refractivity contribution in [1.29, 1.82) is 0 Å². The van der Waals surface area contributed by atoms with E-state index in [9.17, 15) is 18.0 Å². The van der Waals surface area contributed by atoms with Gasteiger partial charge in [-0.25, -0.2) is 9.48 Å². The number of aromatic carboxylic acids is 1. The number of benzene rings is 1. The minimum Gasteiger partial charge on any atom is -0.478 e. The quantitative estimate of drug-likeness (QED) is 0.912. The van der Waals surface area contributed by atoms with Crippen LogP contribution in [-0.4, -0.2) is 20.9 Å². The fourth-order valence-corrected chi connectivity index (χ4v) is 1.63. The Morgan fingerprint density at radius 1 is 1.32 bits per heavy atom. The Balaban J connectivity index is 2.60. The highest BCUT2D eigenvalue weighted by Gasteiger charge is 2.32. The number of hydrogen-bond acceptors (Lipinski definition) is 2. The van der Waals surface area contributed by atoms with E-state index >= 15 is 0 Å². The van der Waals surface area contributed by atoms with Gasteiger partial charge in [-0.05, 0) is 31.2 Å². The summed E-state index contributed by atoms with van der Waals surface area (Å²) in [7, 11) is 0. The molecule has 0 aliphatic rings. The van der Waals surface area contributed by atoms with Crippen molar-refractivity contribution in [3.63, 3.8) is 0 Å². The molecular weight excluding hydrogens is 261 g/mol. The van der Waals surface area contributed by atoms with E-state index < -0.39 is 23.3 Å². The van der Waals surface area contributed by atoms with Gasteiger partial charge in [-0.15, -0.1) is 0 Å². The summed E-state index contributed by atoms with van der Waals surface area (Å²) in [5, 5.41) is 13.0. The molecule has 0 saturated heterocycles. The predicted molar refractivity (Wildman–Crippen MR) is 60.3 cm³/mol. The lowest BCUT2D eigenvalue weighted by molar-refractivity contribution is -0.137. The Morgan fingerprint density at radius 2 is 2.00 bits per heavy atom. The average molecular weight is 270 g/mol. The molecule has 19 heavy (non-hydrogen) atoms. The molecule has 1 N–H and O–H groups in total. The molecule has 100 valence electrons. The van der Waals surface area contributed by atoms with Crippen LogP contribution in [0, 0.1) is 6.92 Å². The topological polar surface area (TPSA) is 55.1 Å². The zero-order valence-electron chi connectivity index (χ0n) is 9.77. The van der Waals surface area contributed by atoms with Crippen molar-refractivity contribution >= 4 is 5.97 Å². The van der Waals surface area contributed by atoms with Crippen molar-refractivity contribution in [1.82, 2.24) is 9.78 Å². The van der Waals surface area contributed by atoms with E-state index in [4.69, 9.17) is 5.11 Å². The SMILES string of the molecule is Cc1ccn(-c2ccc(C(F)(F)F)cc2C(=O)O)n1. The Bertz CT molecular complexity index is 632. The maximum absolute atomic E-state index is 12.6. The smallest absolute Gasteiger partial charge is 0.416 e. The van der Waals surface area contributed by atoms with Gasteiger partial charge in [0.2, 0.25) is 0 Å². The maximum Gasteiger partial charge on any atom is 0.416 e. The fourth-order valence-electron chi connectivity index (χ4n) is 1.63. The van der Waals surface area contributed by atoms with E-state index in [0.717, 1.165) is 12.1 Å². The lowest BCUT2D eigenvalue weighted by Gasteiger charge is -2.11. The van der Waals surface area contributed by atoms with Crippen molar-refractivity contribution < 1.29 is 23.1 Å². The molecule has 0 bridgehead atoms. The molecule has 4 nitrogen and oxygen atoms in total. The average Bonchev–Trinajstić information content (AvgIpc) is 2.73. The molecule has 7 heteroatoms. The van der Waals surface area contributed by atoms with Crippen LogP contribution in [0.25, 0.3) is 5.69 Å². The summed E-state index contributed by atoms with van der Waals surface area (Å²) in [6.07, 6.45) is -3.09. The Morgan fingerprint density at radius 3 is 2.47 bits per heavy atom. The molecular formula is C12H9F3N2O2. The highest BCUT2D eigenvalue weighted by molar-refractivity contribution is 5.92. The summed E-state index contributed by atoms with van der Waals surface area (Å²) in [5.74, 6) is -1.44. The molecule has 1 heterocycles. The van der Waals surface area contributed by atoms with Crippen LogP contribution >= 0.6 is 0 Å². The molecule has 0 fully saturated rings. The second-order valence-corrected chi connectivity index (χ2v) is 3.94. The molecule has 0 saturated carbocycles. The first-order valence-electron chi connectivity index (χ1n) is 5.26. The number of hydrogen-bond donors (Lipinski definition) is 1. The van der Waals surface area contributed by atoms with E-state index in [1.807, 2.05) is 0 Å². The van der Waals surface area contributed by atoms with Gasteiger partial charge in [0.15, 0.2) is 0 Å². The van der Waals surface area contributed by atoms with Gasteiger partial charge in [0.05, 0.1) is 22.5 Å². The number of rotatable bonds is 2. The largest absolute Gasteiger partial charge is 0.478 e. The normalized spacial score (nSPS) is 11.6. The number of carboxylic acid groups (broad SMARTS) is 1. The second kappa shape index (κ2) is 4.42. The Kier molecular flexibility index (Phi) is 3.05. The Labute approximate surface area is 106 Å². The van der Waals surface area contributed by atoms with Gasteiger partial charge in [-0.2, -0.15) is 18.3 Å². The molecule has 1 aromatic heterocycles. The molecule has 0 atom stereocenters. The molecule has 0 spiro atoms. The van der Waals surface area contributed by atoms with Gasteiger partial charge >= 0.3 is 12.1 Å². The third-order valence-corrected chi connectivity index (χ3v) is 2.52. The van der Waals surface area contributed by atoms with Crippen LogP contribution in [0.4, 0.5) is 13.2 Å². The van der Waals surface area contributed by atoms with Crippen LogP contribution in [0.15, 0.2) is 30.5 Å². The second-order valence-electron chi connectivity index (χ2n) is 3.94. The van der Waals surface area contributed by atoms with Crippen LogP contribution in [0.5, 0.6) is 0 Å². The maximum atomic E-state index is 12.6. The van der Waals surface area contributed by atoms with Crippen LogP contribution in [-0.2, 0) is 6.18 Å². The molecule has 1 aromatic carbocycles. The van der Waals surface area contributed by atoms with Crippen molar-refractivity contribution in [3.8, 4) is 5.69 Å². The minimum absolute atomic E-state index is 0.0913. The van der Waals surface area contributed by atoms with Gasteiger partial charge in [-0.3, -0.25) is 0 Å². The van der Waals surface area contributed by atoms with E-state index in [1.54, 1.807) is 13.0 Å². The lowest BCUT2D eigenvalue weighted by atomic mass is 10.1. The number of nitrogens with zero attached hydrogens (tertiary/aromatic N) is 2. The van der Waals surface area contributed by atoms with Gasteiger partial charge in [0.25, 0.3) is 0 Å². The zero-order valence-corrected chi connectivity index (χ0v) is 9.77. The van der Waals surface area contributed by atoms with E-state index in [-0.39, 0.29) is 5.69 Å². The summed E-state index contributed by atoms with van der Waals surface area (Å²) in [6.45, 7) is 1.70. The van der Waals surface area contributed by atoms with Crippen LogP contribution in [0.3, 0.4) is 0 Å².